The predicted octanol–water partition coefficient (Wildman–Crippen LogP) is 7.26. The molecule has 36 heavy (non-hydrogen) atoms. The molecule has 1 aromatic heterocycles. The van der Waals surface area contributed by atoms with E-state index in [1.165, 1.54) is 0 Å². The van der Waals surface area contributed by atoms with Gasteiger partial charge in [-0.25, -0.2) is 4.79 Å². The number of unbranched alkanes of at least 4 members (excludes halogenated alkanes) is 3. The number of azo groups is 1. The number of aryl methyl sites for hydroxylation is 1. The van der Waals surface area contributed by atoms with E-state index in [1.54, 1.807) is 19.3 Å². The van der Waals surface area contributed by atoms with Crippen LogP contribution in [0.1, 0.15) is 49.3 Å². The first-order valence-electron chi connectivity index (χ1n) is 12.0. The Labute approximate surface area is 213 Å². The fourth-order valence-electron chi connectivity index (χ4n) is 3.19. The molecule has 1 heterocycles. The molecule has 2 aromatic carbocycles. The Morgan fingerprint density at radius 2 is 1.56 bits per heavy atom. The molecule has 0 amide bonds. The number of hydrogen-bond acceptors (Lipinski definition) is 6. The SMILES string of the molecule is C=C(C)C(=O)OCCCCCCOc1ccc(N=Nc2ccc(C#Cc3ccncc3)c(C)c2)cc1. The van der Waals surface area contributed by atoms with Gasteiger partial charge in [-0.05, 0) is 99.7 Å². The second-order valence-electron chi connectivity index (χ2n) is 8.36. The van der Waals surface area contributed by atoms with E-state index in [9.17, 15) is 4.79 Å². The first-order chi connectivity index (χ1) is 17.5. The van der Waals surface area contributed by atoms with Gasteiger partial charge in [-0.1, -0.05) is 18.4 Å². The molecule has 0 radical (unpaired) electrons. The van der Waals surface area contributed by atoms with Gasteiger partial charge in [0.1, 0.15) is 5.75 Å². The van der Waals surface area contributed by atoms with Crippen LogP contribution in [0.2, 0.25) is 0 Å². The highest BCUT2D eigenvalue weighted by molar-refractivity contribution is 5.86. The lowest BCUT2D eigenvalue weighted by Gasteiger charge is -2.07. The summed E-state index contributed by atoms with van der Waals surface area (Å²) in [5.41, 5.74) is 4.90. The van der Waals surface area contributed by atoms with E-state index >= 15 is 0 Å². The molecule has 0 saturated carbocycles. The molecular formula is C30H31N3O3. The lowest BCUT2D eigenvalue weighted by atomic mass is 10.1. The van der Waals surface area contributed by atoms with E-state index < -0.39 is 0 Å². The smallest absolute Gasteiger partial charge is 0.333 e. The summed E-state index contributed by atoms with van der Waals surface area (Å²) in [6, 6.07) is 17.2. The summed E-state index contributed by atoms with van der Waals surface area (Å²) in [5, 5.41) is 8.68. The Kier molecular flexibility index (Phi) is 10.4. The van der Waals surface area contributed by atoms with Crippen LogP contribution in [0.5, 0.6) is 5.75 Å². The number of ether oxygens (including phenoxy) is 2. The Balaban J connectivity index is 1.39. The summed E-state index contributed by atoms with van der Waals surface area (Å²) in [6.45, 7) is 8.31. The highest BCUT2D eigenvalue weighted by Crippen LogP contribution is 2.23. The van der Waals surface area contributed by atoms with Crippen molar-refractivity contribution in [2.24, 2.45) is 10.2 Å². The number of benzene rings is 2. The van der Waals surface area contributed by atoms with Crippen molar-refractivity contribution in [1.82, 2.24) is 4.98 Å². The van der Waals surface area contributed by atoms with Gasteiger partial charge in [-0.2, -0.15) is 10.2 Å². The van der Waals surface area contributed by atoms with Crippen LogP contribution in [0.15, 0.2) is 89.4 Å². The molecule has 0 aliphatic carbocycles. The minimum atomic E-state index is -0.322. The van der Waals surface area contributed by atoms with Crippen molar-refractivity contribution in [3.63, 3.8) is 0 Å². The summed E-state index contributed by atoms with van der Waals surface area (Å²) in [5.74, 6) is 6.82. The number of esters is 1. The highest BCUT2D eigenvalue weighted by atomic mass is 16.5. The van der Waals surface area contributed by atoms with Crippen molar-refractivity contribution in [2.75, 3.05) is 13.2 Å². The molecule has 184 valence electrons. The fourth-order valence-corrected chi connectivity index (χ4v) is 3.19. The van der Waals surface area contributed by atoms with Gasteiger partial charge in [0.25, 0.3) is 0 Å². The lowest BCUT2D eigenvalue weighted by molar-refractivity contribution is -0.139. The molecule has 0 atom stereocenters. The highest BCUT2D eigenvalue weighted by Gasteiger charge is 2.02. The first kappa shape index (κ1) is 26.4. The number of carbonyl (C=O) groups is 1. The van der Waals surface area contributed by atoms with Crippen LogP contribution in [-0.4, -0.2) is 24.2 Å². The van der Waals surface area contributed by atoms with Crippen LogP contribution in [-0.2, 0) is 9.53 Å². The van der Waals surface area contributed by atoms with Gasteiger partial charge in [-0.3, -0.25) is 4.98 Å². The number of hydrogen-bond donors (Lipinski definition) is 0. The van der Waals surface area contributed by atoms with Crippen LogP contribution in [0.25, 0.3) is 0 Å². The normalized spacial score (nSPS) is 10.5. The zero-order chi connectivity index (χ0) is 25.6. The number of rotatable bonds is 11. The molecule has 0 aliphatic heterocycles. The Morgan fingerprint density at radius 3 is 2.25 bits per heavy atom. The van der Waals surface area contributed by atoms with Crippen molar-refractivity contribution in [3.05, 3.63) is 95.8 Å². The maximum atomic E-state index is 11.3. The molecular weight excluding hydrogens is 450 g/mol. The predicted molar refractivity (Wildman–Crippen MR) is 142 cm³/mol. The zero-order valence-corrected chi connectivity index (χ0v) is 20.9. The molecule has 0 aliphatic rings. The fraction of sp³-hybridized carbons (Fsp3) is 0.267. The van der Waals surface area contributed by atoms with E-state index in [0.29, 0.717) is 18.8 Å². The van der Waals surface area contributed by atoms with Gasteiger partial charge in [-0.15, -0.1) is 0 Å². The maximum absolute atomic E-state index is 11.3. The Hall–Kier alpha value is -4.24. The molecule has 0 bridgehead atoms. The molecule has 0 unspecified atom stereocenters. The van der Waals surface area contributed by atoms with Crippen LogP contribution >= 0.6 is 0 Å². The number of aromatic nitrogens is 1. The summed E-state index contributed by atoms with van der Waals surface area (Å²) in [6.07, 6.45) is 7.26. The van der Waals surface area contributed by atoms with Crippen LogP contribution < -0.4 is 4.74 Å². The molecule has 3 aromatic rings. The third-order valence-corrected chi connectivity index (χ3v) is 5.24. The van der Waals surface area contributed by atoms with Crippen molar-refractivity contribution in [2.45, 2.75) is 39.5 Å². The van der Waals surface area contributed by atoms with E-state index in [-0.39, 0.29) is 5.97 Å². The van der Waals surface area contributed by atoms with Crippen molar-refractivity contribution >= 4 is 17.3 Å². The Bertz CT molecular complexity index is 1240. The number of nitrogens with zero attached hydrogens (tertiary/aromatic N) is 3. The largest absolute Gasteiger partial charge is 0.494 e. The maximum Gasteiger partial charge on any atom is 0.333 e. The quantitative estimate of drug-likeness (QED) is 0.0949. The molecule has 6 nitrogen and oxygen atoms in total. The monoisotopic (exact) mass is 481 g/mol. The second kappa shape index (κ2) is 14.2. The molecule has 3 rings (SSSR count). The summed E-state index contributed by atoms with van der Waals surface area (Å²) in [7, 11) is 0. The van der Waals surface area contributed by atoms with Crippen LogP contribution in [0.4, 0.5) is 11.4 Å². The minimum Gasteiger partial charge on any atom is -0.494 e. The molecule has 0 saturated heterocycles. The van der Waals surface area contributed by atoms with Gasteiger partial charge >= 0.3 is 5.97 Å². The number of pyridine rings is 1. The summed E-state index contributed by atoms with van der Waals surface area (Å²) in [4.78, 5) is 15.3. The van der Waals surface area contributed by atoms with Crippen molar-refractivity contribution in [3.8, 4) is 17.6 Å². The van der Waals surface area contributed by atoms with Gasteiger partial charge in [0, 0.05) is 29.1 Å². The average Bonchev–Trinajstić information content (AvgIpc) is 2.89. The second-order valence-corrected chi connectivity index (χ2v) is 8.36. The van der Waals surface area contributed by atoms with Gasteiger partial charge in [0.05, 0.1) is 24.6 Å². The average molecular weight is 482 g/mol. The molecule has 0 fully saturated rings. The van der Waals surface area contributed by atoms with Crippen LogP contribution in [0, 0.1) is 18.8 Å². The standard InChI is InChI=1S/C30H31N3O3/c1-23(2)30(34)36-21-7-5-4-6-20-35-29-14-12-27(13-15-29)32-33-28-11-10-26(24(3)22-28)9-8-25-16-18-31-19-17-25/h10-19,22H,1,4-7,20-21H2,2-3H3. The summed E-state index contributed by atoms with van der Waals surface area (Å²) >= 11 is 0. The molecule has 0 N–H and O–H groups in total. The van der Waals surface area contributed by atoms with E-state index in [1.807, 2.05) is 61.5 Å². The third kappa shape index (κ3) is 9.19. The van der Waals surface area contributed by atoms with E-state index in [0.717, 1.165) is 59.5 Å². The summed E-state index contributed by atoms with van der Waals surface area (Å²) < 4.78 is 10.9. The number of carbonyl (C=O) groups excluding carboxylic acids is 1. The van der Waals surface area contributed by atoms with Crippen molar-refractivity contribution in [1.29, 1.82) is 0 Å². The van der Waals surface area contributed by atoms with E-state index in [2.05, 4.69) is 33.6 Å². The molecule has 6 heteroatoms. The first-order valence-corrected chi connectivity index (χ1v) is 12.0. The minimum absolute atomic E-state index is 0.322. The van der Waals surface area contributed by atoms with Crippen molar-refractivity contribution < 1.29 is 14.3 Å². The van der Waals surface area contributed by atoms with Gasteiger partial charge in [0.2, 0.25) is 0 Å². The Morgan fingerprint density at radius 1 is 0.889 bits per heavy atom. The van der Waals surface area contributed by atoms with E-state index in [4.69, 9.17) is 9.47 Å². The van der Waals surface area contributed by atoms with Gasteiger partial charge < -0.3 is 9.47 Å². The van der Waals surface area contributed by atoms with Crippen LogP contribution in [0.3, 0.4) is 0 Å². The van der Waals surface area contributed by atoms with Gasteiger partial charge in [0.15, 0.2) is 0 Å². The third-order valence-electron chi connectivity index (χ3n) is 5.24. The zero-order valence-electron chi connectivity index (χ0n) is 20.9. The lowest BCUT2D eigenvalue weighted by Crippen LogP contribution is -2.06. The molecule has 0 spiro atoms. The topological polar surface area (TPSA) is 73.1 Å².